The number of rotatable bonds is 1. The predicted molar refractivity (Wildman–Crippen MR) is 68.0 cm³/mol. The van der Waals surface area contributed by atoms with Crippen LogP contribution in [0, 0.1) is 0 Å². The molecule has 18 heavy (non-hydrogen) atoms. The predicted octanol–water partition coefficient (Wildman–Crippen LogP) is 2.19. The summed E-state index contributed by atoms with van der Waals surface area (Å²) in [4.78, 5) is 24.4. The minimum atomic E-state index is -0.437. The molecule has 1 fully saturated rings. The fraction of sp³-hybridized carbons (Fsp3) is 0.714. The van der Waals surface area contributed by atoms with E-state index in [0.717, 1.165) is 50.5 Å². The molecule has 0 amide bonds. The maximum atomic E-state index is 12.4. The van der Waals surface area contributed by atoms with Gasteiger partial charge in [-0.25, -0.2) is 9.36 Å². The molecule has 0 unspecified atom stereocenters. The molecule has 98 valence electrons. The largest absolute Gasteiger partial charge is 0.422 e. The molecule has 1 aromatic heterocycles. The molecule has 1 aromatic rings. The van der Waals surface area contributed by atoms with Gasteiger partial charge >= 0.3 is 5.76 Å². The summed E-state index contributed by atoms with van der Waals surface area (Å²) in [6, 6.07) is 0.0575. The molecule has 0 saturated heterocycles. The van der Waals surface area contributed by atoms with Crippen LogP contribution in [-0.2, 0) is 12.8 Å². The van der Waals surface area contributed by atoms with Gasteiger partial charge in [0.25, 0.3) is 5.56 Å². The van der Waals surface area contributed by atoms with Gasteiger partial charge in [-0.15, -0.1) is 0 Å². The van der Waals surface area contributed by atoms with Crippen LogP contribution in [0.15, 0.2) is 14.0 Å². The van der Waals surface area contributed by atoms with Gasteiger partial charge in [0.15, 0.2) is 0 Å². The third-order valence-corrected chi connectivity index (χ3v) is 4.24. The first-order chi connectivity index (χ1) is 8.77. The van der Waals surface area contributed by atoms with Crippen molar-refractivity contribution in [3.63, 3.8) is 0 Å². The van der Waals surface area contributed by atoms with Crippen molar-refractivity contribution in [1.29, 1.82) is 0 Å². The second-order valence-electron chi connectivity index (χ2n) is 5.44. The summed E-state index contributed by atoms with van der Waals surface area (Å²) in [5.74, 6) is 0.197. The molecule has 1 saturated carbocycles. The smallest absolute Gasteiger partial charge is 0.414 e. The molecule has 0 aliphatic heterocycles. The van der Waals surface area contributed by atoms with E-state index in [1.165, 1.54) is 17.4 Å². The fourth-order valence-corrected chi connectivity index (χ4v) is 3.27. The van der Waals surface area contributed by atoms with E-state index in [2.05, 4.69) is 0 Å². The summed E-state index contributed by atoms with van der Waals surface area (Å²) in [5, 5.41) is 0. The Hall–Kier alpha value is -1.32. The van der Waals surface area contributed by atoms with Crippen molar-refractivity contribution in [1.82, 2.24) is 4.57 Å². The van der Waals surface area contributed by atoms with Crippen LogP contribution in [0.5, 0.6) is 0 Å². The van der Waals surface area contributed by atoms with Gasteiger partial charge in [-0.3, -0.25) is 4.79 Å². The molecule has 3 rings (SSSR count). The first-order valence-corrected chi connectivity index (χ1v) is 7.05. The lowest BCUT2D eigenvalue weighted by Crippen LogP contribution is -2.37. The van der Waals surface area contributed by atoms with Crippen LogP contribution in [0.2, 0.25) is 0 Å². The quantitative estimate of drug-likeness (QED) is 0.717. The van der Waals surface area contributed by atoms with Gasteiger partial charge in [-0.1, -0.05) is 25.7 Å². The normalized spacial score (nSPS) is 20.7. The summed E-state index contributed by atoms with van der Waals surface area (Å²) in [6.07, 6.45) is 8.94. The summed E-state index contributed by atoms with van der Waals surface area (Å²) in [6.45, 7) is 0. The van der Waals surface area contributed by atoms with Crippen molar-refractivity contribution in [3.05, 3.63) is 32.2 Å². The van der Waals surface area contributed by atoms with Crippen molar-refractivity contribution in [2.45, 2.75) is 63.8 Å². The Morgan fingerprint density at radius 1 is 0.944 bits per heavy atom. The van der Waals surface area contributed by atoms with Crippen molar-refractivity contribution in [3.8, 4) is 0 Å². The topological polar surface area (TPSA) is 52.2 Å². The van der Waals surface area contributed by atoms with Crippen molar-refractivity contribution in [2.75, 3.05) is 0 Å². The molecule has 0 radical (unpaired) electrons. The zero-order chi connectivity index (χ0) is 12.5. The van der Waals surface area contributed by atoms with Crippen LogP contribution in [0.4, 0.5) is 0 Å². The van der Waals surface area contributed by atoms with E-state index in [0.29, 0.717) is 5.76 Å². The summed E-state index contributed by atoms with van der Waals surface area (Å²) >= 11 is 0. The molecule has 4 heteroatoms. The zero-order valence-electron chi connectivity index (χ0n) is 10.6. The Bertz CT molecular complexity index is 547. The fourth-order valence-electron chi connectivity index (χ4n) is 3.27. The number of hydrogen-bond acceptors (Lipinski definition) is 3. The van der Waals surface area contributed by atoms with Crippen LogP contribution in [0.25, 0.3) is 0 Å². The van der Waals surface area contributed by atoms with Gasteiger partial charge in [0, 0.05) is 12.5 Å². The number of aromatic nitrogens is 1. The highest BCUT2D eigenvalue weighted by molar-refractivity contribution is 5.19. The van der Waals surface area contributed by atoms with Crippen LogP contribution >= 0.6 is 0 Å². The Labute approximate surface area is 106 Å². The maximum absolute atomic E-state index is 12.4. The average molecular weight is 249 g/mol. The molecule has 2 aliphatic rings. The molecule has 0 atom stereocenters. The van der Waals surface area contributed by atoms with E-state index in [4.69, 9.17) is 4.42 Å². The van der Waals surface area contributed by atoms with Gasteiger partial charge in [0.05, 0.1) is 5.56 Å². The minimum Gasteiger partial charge on any atom is -0.414 e. The first kappa shape index (κ1) is 11.8. The third-order valence-electron chi connectivity index (χ3n) is 4.24. The number of nitrogens with zero attached hydrogens (tertiary/aromatic N) is 1. The molecule has 0 bridgehead atoms. The molecule has 0 N–H and O–H groups in total. The van der Waals surface area contributed by atoms with Crippen molar-refractivity contribution >= 4 is 0 Å². The Balaban J connectivity index is 2.06. The van der Waals surface area contributed by atoms with Gasteiger partial charge in [-0.05, 0) is 25.7 Å². The molecular formula is C14H19NO3. The molecule has 0 aromatic carbocycles. The summed E-state index contributed by atoms with van der Waals surface area (Å²) in [7, 11) is 0. The average Bonchev–Trinajstić information content (AvgIpc) is 2.65. The monoisotopic (exact) mass is 249 g/mol. The summed E-state index contributed by atoms with van der Waals surface area (Å²) in [5.41, 5.74) is 0.671. The minimum absolute atomic E-state index is 0.0575. The molecule has 1 heterocycles. The molecule has 0 spiro atoms. The van der Waals surface area contributed by atoms with E-state index < -0.39 is 5.76 Å². The molecular weight excluding hydrogens is 230 g/mol. The second kappa shape index (κ2) is 4.75. The van der Waals surface area contributed by atoms with E-state index in [9.17, 15) is 9.59 Å². The van der Waals surface area contributed by atoms with Gasteiger partial charge in [0.2, 0.25) is 0 Å². The van der Waals surface area contributed by atoms with E-state index >= 15 is 0 Å². The van der Waals surface area contributed by atoms with E-state index in [-0.39, 0.29) is 11.6 Å². The molecule has 4 nitrogen and oxygen atoms in total. The van der Waals surface area contributed by atoms with Gasteiger partial charge in [0.1, 0.15) is 5.76 Å². The highest BCUT2D eigenvalue weighted by Gasteiger charge is 2.25. The highest BCUT2D eigenvalue weighted by atomic mass is 16.4. The number of fused-ring (bicyclic) bond motifs is 1. The SMILES string of the molecule is O=c1oc2c(c(=O)n1C1CCCCCC1)CCC2. The third kappa shape index (κ3) is 1.93. The van der Waals surface area contributed by atoms with E-state index in [1.807, 2.05) is 0 Å². The number of aryl methyl sites for hydroxylation is 1. The van der Waals surface area contributed by atoms with Crippen LogP contribution in [0.3, 0.4) is 0 Å². The lowest BCUT2D eigenvalue weighted by Gasteiger charge is -2.16. The Morgan fingerprint density at radius 3 is 2.39 bits per heavy atom. The van der Waals surface area contributed by atoms with Crippen LogP contribution in [0.1, 0.15) is 62.3 Å². The molecule has 2 aliphatic carbocycles. The lowest BCUT2D eigenvalue weighted by atomic mass is 10.1. The Kier molecular flexibility index (Phi) is 3.10. The first-order valence-electron chi connectivity index (χ1n) is 7.05. The number of hydrogen-bond donors (Lipinski definition) is 0. The van der Waals surface area contributed by atoms with Gasteiger partial charge < -0.3 is 4.42 Å². The van der Waals surface area contributed by atoms with Gasteiger partial charge in [-0.2, -0.15) is 0 Å². The second-order valence-corrected chi connectivity index (χ2v) is 5.44. The standard InChI is InChI=1S/C14H19NO3/c16-13-11-8-5-9-12(11)18-14(17)15(13)10-6-3-1-2-4-7-10/h10H,1-9H2. The Morgan fingerprint density at radius 2 is 1.67 bits per heavy atom. The van der Waals surface area contributed by atoms with Crippen molar-refractivity contribution < 1.29 is 4.42 Å². The van der Waals surface area contributed by atoms with Crippen LogP contribution < -0.4 is 11.3 Å². The van der Waals surface area contributed by atoms with Crippen molar-refractivity contribution in [2.24, 2.45) is 0 Å². The summed E-state index contributed by atoms with van der Waals surface area (Å²) < 4.78 is 6.73. The maximum Gasteiger partial charge on any atom is 0.422 e. The lowest BCUT2D eigenvalue weighted by molar-refractivity contribution is 0.331. The zero-order valence-corrected chi connectivity index (χ0v) is 10.6. The van der Waals surface area contributed by atoms with E-state index in [1.54, 1.807) is 0 Å². The van der Waals surface area contributed by atoms with Crippen LogP contribution in [-0.4, -0.2) is 4.57 Å². The highest BCUT2D eigenvalue weighted by Crippen LogP contribution is 2.26.